The highest BCUT2D eigenvalue weighted by Crippen LogP contribution is 2.34. The van der Waals surface area contributed by atoms with Crippen LogP contribution in [0.4, 0.5) is 18.0 Å². The fourth-order valence-electron chi connectivity index (χ4n) is 3.29. The standard InChI is InChI=1S/C26H42N2O5.C2HF3O2/c1-16(2)19-12-10-13-20(17(3)4)23(19)32-21(29)14-11-15-27-24(30)22(18(5)6)28-25(31)33-26(7,8)9;3-2(4,5)1(6)7/h10,12-13,16-18,22H,11,14-15H2,1-9H3,(H,27,30)(H,28,31);(H,6,7)/t22-;/m0./s1. The van der Waals surface area contributed by atoms with E-state index in [2.05, 4.69) is 38.3 Å². The lowest BCUT2D eigenvalue weighted by molar-refractivity contribution is -0.192. The number of hydrogen-bond donors (Lipinski definition) is 3. The number of carboxylic acid groups (broad SMARTS) is 1. The van der Waals surface area contributed by atoms with Crippen LogP contribution in [0, 0.1) is 5.92 Å². The van der Waals surface area contributed by atoms with Gasteiger partial charge in [-0.05, 0) is 56.1 Å². The number of alkyl carbamates (subject to hydrolysis) is 1. The molecule has 12 heteroatoms. The van der Waals surface area contributed by atoms with Gasteiger partial charge in [-0.25, -0.2) is 9.59 Å². The molecule has 0 aliphatic rings. The zero-order valence-electron chi connectivity index (χ0n) is 24.7. The number of aliphatic carboxylic acids is 1. The summed E-state index contributed by atoms with van der Waals surface area (Å²) in [5.74, 6) is -2.40. The second-order valence-electron chi connectivity index (χ2n) is 11.1. The van der Waals surface area contributed by atoms with Crippen LogP contribution in [0.25, 0.3) is 0 Å². The van der Waals surface area contributed by atoms with Crippen molar-refractivity contribution in [3.63, 3.8) is 0 Å². The first-order valence-electron chi connectivity index (χ1n) is 13.1. The number of alkyl halides is 3. The summed E-state index contributed by atoms with van der Waals surface area (Å²) in [6.07, 6.45) is -5.11. The molecule has 0 saturated heterocycles. The molecule has 0 heterocycles. The van der Waals surface area contributed by atoms with Crippen LogP contribution in [0.15, 0.2) is 18.2 Å². The number of ether oxygens (including phenoxy) is 2. The highest BCUT2D eigenvalue weighted by Gasteiger charge is 2.38. The zero-order chi connectivity index (χ0) is 31.4. The average Bonchev–Trinajstić information content (AvgIpc) is 2.78. The number of carbonyl (C=O) groups excluding carboxylic acids is 3. The molecule has 0 saturated carbocycles. The van der Waals surface area contributed by atoms with Gasteiger partial charge in [-0.1, -0.05) is 59.7 Å². The quantitative estimate of drug-likeness (QED) is 0.179. The molecule has 0 spiro atoms. The molecule has 0 unspecified atom stereocenters. The summed E-state index contributed by atoms with van der Waals surface area (Å²) in [4.78, 5) is 46.0. The van der Waals surface area contributed by atoms with E-state index in [1.54, 1.807) is 20.8 Å². The Hall–Kier alpha value is -3.31. The van der Waals surface area contributed by atoms with Gasteiger partial charge in [0, 0.05) is 13.0 Å². The third-order valence-electron chi connectivity index (χ3n) is 5.26. The number of carbonyl (C=O) groups is 4. The third kappa shape index (κ3) is 14.2. The molecule has 2 amide bonds. The first-order chi connectivity index (χ1) is 18.2. The Morgan fingerprint density at radius 3 is 1.77 bits per heavy atom. The van der Waals surface area contributed by atoms with Gasteiger partial charge in [-0.2, -0.15) is 13.2 Å². The molecule has 0 radical (unpaired) electrons. The average molecular weight is 577 g/mol. The fraction of sp³-hybridized carbons (Fsp3) is 0.643. The van der Waals surface area contributed by atoms with Crippen LogP contribution in [-0.2, 0) is 19.1 Å². The molecule has 3 N–H and O–H groups in total. The lowest BCUT2D eigenvalue weighted by Gasteiger charge is -2.25. The monoisotopic (exact) mass is 576 g/mol. The van der Waals surface area contributed by atoms with Crippen molar-refractivity contribution in [3.8, 4) is 5.75 Å². The Morgan fingerprint density at radius 2 is 1.40 bits per heavy atom. The SMILES string of the molecule is CC(C)c1cccc(C(C)C)c1OC(=O)CCCNC(=O)[C@@H](NC(=O)OC(C)(C)C)C(C)C.O=C(O)C(F)(F)F. The second kappa shape index (κ2) is 16.1. The van der Waals surface area contributed by atoms with Crippen LogP contribution in [0.2, 0.25) is 0 Å². The lowest BCUT2D eigenvalue weighted by Crippen LogP contribution is -2.51. The van der Waals surface area contributed by atoms with Gasteiger partial charge < -0.3 is 25.2 Å². The molecular formula is C28H43F3N2O7. The minimum Gasteiger partial charge on any atom is -0.475 e. The number of rotatable bonds is 10. The van der Waals surface area contributed by atoms with E-state index >= 15 is 0 Å². The van der Waals surface area contributed by atoms with Gasteiger partial charge in [-0.15, -0.1) is 0 Å². The fourth-order valence-corrected chi connectivity index (χ4v) is 3.29. The topological polar surface area (TPSA) is 131 Å². The highest BCUT2D eigenvalue weighted by molar-refractivity contribution is 5.86. The summed E-state index contributed by atoms with van der Waals surface area (Å²) in [6, 6.07) is 5.25. The van der Waals surface area contributed by atoms with Crippen LogP contribution < -0.4 is 15.4 Å². The van der Waals surface area contributed by atoms with E-state index in [1.807, 2.05) is 32.0 Å². The molecule has 40 heavy (non-hydrogen) atoms. The Kier molecular flexibility index (Phi) is 14.7. The van der Waals surface area contributed by atoms with Crippen molar-refractivity contribution in [1.29, 1.82) is 0 Å². The molecule has 0 aromatic heterocycles. The van der Waals surface area contributed by atoms with Crippen LogP contribution in [0.3, 0.4) is 0 Å². The van der Waals surface area contributed by atoms with Crippen LogP contribution >= 0.6 is 0 Å². The van der Waals surface area contributed by atoms with Crippen molar-refractivity contribution in [3.05, 3.63) is 29.3 Å². The molecule has 0 fully saturated rings. The normalized spacial score (nSPS) is 12.4. The Morgan fingerprint density at radius 1 is 0.925 bits per heavy atom. The second-order valence-corrected chi connectivity index (χ2v) is 11.1. The van der Waals surface area contributed by atoms with E-state index in [0.29, 0.717) is 18.7 Å². The smallest absolute Gasteiger partial charge is 0.475 e. The predicted molar refractivity (Wildman–Crippen MR) is 144 cm³/mol. The first-order valence-corrected chi connectivity index (χ1v) is 13.1. The number of nitrogens with one attached hydrogen (secondary N) is 2. The van der Waals surface area contributed by atoms with Crippen molar-refractivity contribution in [2.45, 2.75) is 105 Å². The third-order valence-corrected chi connectivity index (χ3v) is 5.26. The summed E-state index contributed by atoms with van der Waals surface area (Å²) >= 11 is 0. The van der Waals surface area contributed by atoms with E-state index in [4.69, 9.17) is 19.4 Å². The summed E-state index contributed by atoms with van der Waals surface area (Å²) in [6.45, 7) is 17.6. The minimum atomic E-state index is -5.08. The van der Waals surface area contributed by atoms with Crippen LogP contribution in [0.1, 0.15) is 98.1 Å². The maximum atomic E-state index is 12.6. The Bertz CT molecular complexity index is 974. The lowest BCUT2D eigenvalue weighted by atomic mass is 9.94. The number of hydrogen-bond acceptors (Lipinski definition) is 6. The number of carboxylic acids is 1. The van der Waals surface area contributed by atoms with Gasteiger partial charge in [0.25, 0.3) is 0 Å². The van der Waals surface area contributed by atoms with E-state index in [0.717, 1.165) is 11.1 Å². The van der Waals surface area contributed by atoms with Gasteiger partial charge in [0.1, 0.15) is 17.4 Å². The van der Waals surface area contributed by atoms with Gasteiger partial charge in [0.15, 0.2) is 0 Å². The Balaban J connectivity index is 0.00000191. The maximum absolute atomic E-state index is 12.6. The number of para-hydroxylation sites is 1. The molecular weight excluding hydrogens is 533 g/mol. The van der Waals surface area contributed by atoms with E-state index in [9.17, 15) is 27.6 Å². The number of benzene rings is 1. The molecule has 0 aliphatic carbocycles. The minimum absolute atomic E-state index is 0.121. The van der Waals surface area contributed by atoms with Crippen molar-refractivity contribution in [2.75, 3.05) is 6.54 Å². The molecule has 1 atom stereocenters. The maximum Gasteiger partial charge on any atom is 0.490 e. The largest absolute Gasteiger partial charge is 0.490 e. The number of amides is 2. The molecule has 1 aromatic carbocycles. The summed E-state index contributed by atoms with van der Waals surface area (Å²) < 4.78 is 42.7. The number of halogens is 3. The van der Waals surface area contributed by atoms with Gasteiger partial charge in [0.2, 0.25) is 5.91 Å². The number of esters is 1. The first kappa shape index (κ1) is 36.7. The molecule has 9 nitrogen and oxygen atoms in total. The predicted octanol–water partition coefficient (Wildman–Crippen LogP) is 5.92. The van der Waals surface area contributed by atoms with Gasteiger partial charge >= 0.3 is 24.2 Å². The van der Waals surface area contributed by atoms with E-state index < -0.39 is 29.9 Å². The Labute approximate surface area is 234 Å². The highest BCUT2D eigenvalue weighted by atomic mass is 19.4. The summed E-state index contributed by atoms with van der Waals surface area (Å²) in [5, 5.41) is 12.5. The molecule has 0 aliphatic heterocycles. The van der Waals surface area contributed by atoms with Crippen molar-refractivity contribution < 1.29 is 46.9 Å². The molecule has 1 aromatic rings. The van der Waals surface area contributed by atoms with Crippen molar-refractivity contribution in [2.24, 2.45) is 5.92 Å². The summed E-state index contributed by atoms with van der Waals surface area (Å²) in [5.41, 5.74) is 1.37. The van der Waals surface area contributed by atoms with E-state index in [-0.39, 0.29) is 36.1 Å². The van der Waals surface area contributed by atoms with Crippen LogP contribution in [0.5, 0.6) is 5.75 Å². The van der Waals surface area contributed by atoms with E-state index in [1.165, 1.54) is 0 Å². The molecule has 0 bridgehead atoms. The van der Waals surface area contributed by atoms with Crippen molar-refractivity contribution >= 4 is 23.9 Å². The summed E-state index contributed by atoms with van der Waals surface area (Å²) in [7, 11) is 0. The van der Waals surface area contributed by atoms with Crippen molar-refractivity contribution in [1.82, 2.24) is 10.6 Å². The molecule has 228 valence electrons. The zero-order valence-corrected chi connectivity index (χ0v) is 24.7. The molecule has 1 rings (SSSR count). The van der Waals surface area contributed by atoms with Crippen LogP contribution in [-0.4, -0.2) is 53.4 Å². The van der Waals surface area contributed by atoms with Gasteiger partial charge in [0.05, 0.1) is 0 Å². The van der Waals surface area contributed by atoms with Gasteiger partial charge in [-0.3, -0.25) is 9.59 Å².